The van der Waals surface area contributed by atoms with Gasteiger partial charge in [-0.3, -0.25) is 4.79 Å². The highest BCUT2D eigenvalue weighted by Gasteiger charge is 2.29. The number of alkyl halides is 3. The van der Waals surface area contributed by atoms with Crippen LogP contribution in [0.2, 0.25) is 0 Å². The molecule has 0 heterocycles. The fourth-order valence-electron chi connectivity index (χ4n) is 2.78. The first kappa shape index (κ1) is 22.0. The molecule has 4 nitrogen and oxygen atoms in total. The summed E-state index contributed by atoms with van der Waals surface area (Å²) in [5, 5.41) is 9.02. The number of carboxylic acid groups (broad SMARTS) is 1. The fourth-order valence-corrected chi connectivity index (χ4v) is 2.78. The van der Waals surface area contributed by atoms with Gasteiger partial charge in [0.2, 0.25) is 0 Å². The Labute approximate surface area is 177 Å². The number of rotatable bonds is 8. The van der Waals surface area contributed by atoms with Crippen molar-refractivity contribution in [3.8, 4) is 17.2 Å². The van der Waals surface area contributed by atoms with E-state index in [4.69, 9.17) is 14.6 Å². The van der Waals surface area contributed by atoms with Gasteiger partial charge >= 0.3 is 12.1 Å². The molecule has 0 fully saturated rings. The maximum atomic E-state index is 12.6. The van der Waals surface area contributed by atoms with Crippen LogP contribution >= 0.6 is 0 Å². The summed E-state index contributed by atoms with van der Waals surface area (Å²) < 4.78 is 49.2. The van der Waals surface area contributed by atoms with Crippen LogP contribution in [0.3, 0.4) is 0 Å². The van der Waals surface area contributed by atoms with Gasteiger partial charge in [0.25, 0.3) is 0 Å². The molecule has 3 aromatic carbocycles. The highest BCUT2D eigenvalue weighted by Crippen LogP contribution is 2.30. The minimum atomic E-state index is -4.35. The van der Waals surface area contributed by atoms with E-state index in [-0.39, 0.29) is 13.0 Å². The lowest BCUT2D eigenvalue weighted by Gasteiger charge is -2.11. The van der Waals surface area contributed by atoms with Crippen molar-refractivity contribution in [2.45, 2.75) is 12.6 Å². The zero-order valence-electron chi connectivity index (χ0n) is 16.3. The monoisotopic (exact) mass is 428 g/mol. The van der Waals surface area contributed by atoms with E-state index in [2.05, 4.69) is 0 Å². The summed E-state index contributed by atoms with van der Waals surface area (Å²) in [5.41, 5.74) is 0.493. The number of carbonyl (C=O) groups is 1. The maximum Gasteiger partial charge on any atom is 0.416 e. The molecule has 0 atom stereocenters. The van der Waals surface area contributed by atoms with E-state index >= 15 is 0 Å². The van der Waals surface area contributed by atoms with E-state index in [0.717, 1.165) is 12.1 Å². The minimum absolute atomic E-state index is 0.152. The summed E-state index contributed by atoms with van der Waals surface area (Å²) in [6, 6.07) is 18.6. The zero-order chi connectivity index (χ0) is 22.3. The van der Waals surface area contributed by atoms with Gasteiger partial charge in [0.15, 0.2) is 0 Å². The lowest BCUT2D eigenvalue weighted by atomic mass is 10.1. The number of para-hydroxylation sites is 1. The lowest BCUT2D eigenvalue weighted by Crippen LogP contribution is -2.03. The van der Waals surface area contributed by atoms with E-state index in [0.29, 0.717) is 28.4 Å². The van der Waals surface area contributed by atoms with Gasteiger partial charge in [-0.05, 0) is 42.0 Å². The number of hydrogen-bond donors (Lipinski definition) is 1. The molecule has 0 bridgehead atoms. The molecule has 0 unspecified atom stereocenters. The molecule has 160 valence electrons. The molecule has 3 aromatic rings. The molecule has 0 aliphatic rings. The van der Waals surface area contributed by atoms with E-state index in [9.17, 15) is 18.0 Å². The third-order valence-corrected chi connectivity index (χ3v) is 4.24. The molecular formula is C24H19F3O4. The van der Waals surface area contributed by atoms with Crippen LogP contribution in [0.5, 0.6) is 17.2 Å². The quantitative estimate of drug-likeness (QED) is 0.463. The smallest absolute Gasteiger partial charge is 0.416 e. The van der Waals surface area contributed by atoms with Crippen molar-refractivity contribution in [3.05, 3.63) is 95.6 Å². The Morgan fingerprint density at radius 3 is 2.35 bits per heavy atom. The van der Waals surface area contributed by atoms with Gasteiger partial charge in [-0.1, -0.05) is 42.5 Å². The number of hydrogen-bond acceptors (Lipinski definition) is 3. The van der Waals surface area contributed by atoms with Crippen molar-refractivity contribution in [3.63, 3.8) is 0 Å². The fraction of sp³-hybridized carbons (Fsp3) is 0.125. The number of halogens is 3. The van der Waals surface area contributed by atoms with Crippen molar-refractivity contribution in [2.75, 3.05) is 6.61 Å². The molecule has 0 radical (unpaired) electrons. The van der Waals surface area contributed by atoms with E-state index in [1.165, 1.54) is 12.1 Å². The third kappa shape index (κ3) is 6.64. The van der Waals surface area contributed by atoms with Gasteiger partial charge in [0.05, 0.1) is 12.0 Å². The standard InChI is InChI=1S/C24H19F3O4/c25-24(26,27)19-12-10-17(11-13-19)5-4-14-30-20-7-3-8-21(16-20)31-22-9-2-1-6-18(22)15-23(28)29/h1-13,16H,14-15H2,(H,28,29). The molecule has 0 aliphatic carbocycles. The van der Waals surface area contributed by atoms with Gasteiger partial charge in [0, 0.05) is 11.6 Å². The van der Waals surface area contributed by atoms with Gasteiger partial charge in [-0.25, -0.2) is 0 Å². The Bertz CT molecular complexity index is 1060. The molecule has 31 heavy (non-hydrogen) atoms. The minimum Gasteiger partial charge on any atom is -0.489 e. The predicted molar refractivity (Wildman–Crippen MR) is 110 cm³/mol. The average molecular weight is 428 g/mol. The number of ether oxygens (including phenoxy) is 2. The first-order valence-electron chi connectivity index (χ1n) is 9.35. The van der Waals surface area contributed by atoms with Crippen LogP contribution in [0.4, 0.5) is 13.2 Å². The van der Waals surface area contributed by atoms with Crippen molar-refractivity contribution >= 4 is 12.0 Å². The SMILES string of the molecule is O=C(O)Cc1ccccc1Oc1cccc(OCC=Cc2ccc(C(F)(F)F)cc2)c1. The molecule has 3 rings (SSSR count). The van der Waals surface area contributed by atoms with E-state index in [1.54, 1.807) is 60.7 Å². The van der Waals surface area contributed by atoms with Gasteiger partial charge in [-0.2, -0.15) is 13.2 Å². The highest BCUT2D eigenvalue weighted by atomic mass is 19.4. The summed E-state index contributed by atoms with van der Waals surface area (Å²) in [6.45, 7) is 0.208. The van der Waals surface area contributed by atoms with E-state index in [1.807, 2.05) is 0 Å². The first-order valence-corrected chi connectivity index (χ1v) is 9.35. The molecular weight excluding hydrogens is 409 g/mol. The largest absolute Gasteiger partial charge is 0.489 e. The second-order valence-electron chi connectivity index (χ2n) is 6.59. The predicted octanol–water partition coefficient (Wildman–Crippen LogP) is 6.22. The van der Waals surface area contributed by atoms with E-state index < -0.39 is 17.7 Å². The number of carboxylic acids is 1. The molecule has 1 N–H and O–H groups in total. The summed E-state index contributed by atoms with van der Waals surface area (Å²) in [5.74, 6) is 0.518. The normalized spacial score (nSPS) is 11.5. The lowest BCUT2D eigenvalue weighted by molar-refractivity contribution is -0.138. The Morgan fingerprint density at radius 1 is 0.935 bits per heavy atom. The molecule has 0 amide bonds. The van der Waals surface area contributed by atoms with Crippen molar-refractivity contribution < 1.29 is 32.5 Å². The molecule has 0 aromatic heterocycles. The van der Waals surface area contributed by atoms with Gasteiger partial charge < -0.3 is 14.6 Å². The molecule has 0 saturated heterocycles. The summed E-state index contributed by atoms with van der Waals surface area (Å²) in [4.78, 5) is 11.0. The van der Waals surface area contributed by atoms with Crippen LogP contribution in [0.1, 0.15) is 16.7 Å². The Morgan fingerprint density at radius 2 is 1.65 bits per heavy atom. The molecule has 7 heteroatoms. The second kappa shape index (κ2) is 9.84. The molecule has 0 saturated carbocycles. The maximum absolute atomic E-state index is 12.6. The number of benzene rings is 3. The molecule has 0 spiro atoms. The van der Waals surface area contributed by atoms with Crippen molar-refractivity contribution in [1.29, 1.82) is 0 Å². The number of aliphatic carboxylic acids is 1. The van der Waals surface area contributed by atoms with Crippen LogP contribution in [-0.4, -0.2) is 17.7 Å². The molecule has 0 aliphatic heterocycles. The van der Waals surface area contributed by atoms with Crippen LogP contribution in [0, 0.1) is 0 Å². The van der Waals surface area contributed by atoms with Gasteiger partial charge in [-0.15, -0.1) is 0 Å². The van der Waals surface area contributed by atoms with Gasteiger partial charge in [0.1, 0.15) is 23.9 Å². The second-order valence-corrected chi connectivity index (χ2v) is 6.59. The van der Waals surface area contributed by atoms with Crippen LogP contribution in [0.25, 0.3) is 6.08 Å². The summed E-state index contributed by atoms with van der Waals surface area (Å²) in [7, 11) is 0. The topological polar surface area (TPSA) is 55.8 Å². The zero-order valence-corrected chi connectivity index (χ0v) is 16.3. The summed E-state index contributed by atoms with van der Waals surface area (Å²) in [6.07, 6.45) is -1.14. The first-order chi connectivity index (χ1) is 14.8. The average Bonchev–Trinajstić information content (AvgIpc) is 2.72. The van der Waals surface area contributed by atoms with Crippen LogP contribution in [0.15, 0.2) is 78.9 Å². The van der Waals surface area contributed by atoms with Crippen LogP contribution < -0.4 is 9.47 Å². The Balaban J connectivity index is 1.59. The Hall–Kier alpha value is -3.74. The van der Waals surface area contributed by atoms with Crippen molar-refractivity contribution in [1.82, 2.24) is 0 Å². The van der Waals surface area contributed by atoms with Crippen LogP contribution in [-0.2, 0) is 17.4 Å². The summed E-state index contributed by atoms with van der Waals surface area (Å²) >= 11 is 0. The Kier molecular flexibility index (Phi) is 6.97. The highest BCUT2D eigenvalue weighted by molar-refractivity contribution is 5.71. The van der Waals surface area contributed by atoms with Crippen molar-refractivity contribution in [2.24, 2.45) is 0 Å². The third-order valence-electron chi connectivity index (χ3n) is 4.24.